The summed E-state index contributed by atoms with van der Waals surface area (Å²) in [5, 5.41) is 0.853. The Morgan fingerprint density at radius 2 is 2.11 bits per heavy atom. The summed E-state index contributed by atoms with van der Waals surface area (Å²) < 4.78 is 11.2. The van der Waals surface area contributed by atoms with E-state index in [1.807, 2.05) is 44.2 Å². The lowest BCUT2D eigenvalue weighted by atomic mass is 10.0. The van der Waals surface area contributed by atoms with Gasteiger partial charge in [0.15, 0.2) is 0 Å². The monoisotopic (exact) mass is 257 g/mol. The highest BCUT2D eigenvalue weighted by molar-refractivity contribution is 5.93. The maximum absolute atomic E-state index is 12.1. The van der Waals surface area contributed by atoms with Crippen LogP contribution in [-0.4, -0.2) is 17.7 Å². The number of rotatable bonds is 1. The molecule has 0 saturated carbocycles. The Labute approximate surface area is 110 Å². The number of fused-ring (bicyclic) bond motifs is 3. The summed E-state index contributed by atoms with van der Waals surface area (Å²) in [6.07, 6.45) is 3.70. The van der Waals surface area contributed by atoms with Gasteiger partial charge in [0.2, 0.25) is 0 Å². The smallest absolute Gasteiger partial charge is 0.259 e. The van der Waals surface area contributed by atoms with E-state index in [0.29, 0.717) is 22.6 Å². The molecular weight excluding hydrogens is 242 g/mol. The first-order valence-corrected chi connectivity index (χ1v) is 6.13. The molecule has 1 aliphatic heterocycles. The summed E-state index contributed by atoms with van der Waals surface area (Å²) in [7, 11) is 1.58. The van der Waals surface area contributed by atoms with E-state index in [4.69, 9.17) is 9.47 Å². The lowest BCUT2D eigenvalue weighted by Crippen LogP contribution is -2.30. The van der Waals surface area contributed by atoms with Crippen LogP contribution in [-0.2, 0) is 0 Å². The van der Waals surface area contributed by atoms with Gasteiger partial charge in [0, 0.05) is 5.39 Å². The lowest BCUT2D eigenvalue weighted by molar-refractivity contribution is 0.161. The molecule has 1 N–H and O–H groups in total. The van der Waals surface area contributed by atoms with Gasteiger partial charge in [0.25, 0.3) is 5.56 Å². The van der Waals surface area contributed by atoms with Crippen LogP contribution in [0.4, 0.5) is 0 Å². The van der Waals surface area contributed by atoms with E-state index in [9.17, 15) is 4.79 Å². The number of H-pyrrole nitrogens is 1. The third-order valence-electron chi connectivity index (χ3n) is 3.24. The molecule has 98 valence electrons. The zero-order valence-electron chi connectivity index (χ0n) is 11.1. The molecule has 2 heterocycles. The van der Waals surface area contributed by atoms with Gasteiger partial charge < -0.3 is 14.5 Å². The standard InChI is InChI=1S/C15H15NO3/c1-15(2)8-7-10-13(19-15)9-5-4-6-11(18-3)12(9)16-14(10)17/h4-8H,1-3H3,(H,16,17). The molecule has 0 aliphatic carbocycles. The van der Waals surface area contributed by atoms with Crippen LogP contribution in [0, 0.1) is 0 Å². The van der Waals surface area contributed by atoms with Crippen molar-refractivity contribution in [3.63, 3.8) is 0 Å². The van der Waals surface area contributed by atoms with Gasteiger partial charge in [0.05, 0.1) is 18.2 Å². The number of nitrogens with one attached hydrogen (secondary N) is 1. The van der Waals surface area contributed by atoms with Crippen LogP contribution in [0.2, 0.25) is 0 Å². The molecule has 1 aliphatic rings. The number of benzene rings is 1. The molecular formula is C15H15NO3. The van der Waals surface area contributed by atoms with Crippen molar-refractivity contribution in [1.82, 2.24) is 4.98 Å². The van der Waals surface area contributed by atoms with Gasteiger partial charge in [-0.15, -0.1) is 0 Å². The SMILES string of the molecule is COc1cccc2c3c(c(=O)[nH]c12)C=CC(C)(C)O3. The van der Waals surface area contributed by atoms with Crippen molar-refractivity contribution < 1.29 is 9.47 Å². The molecule has 0 spiro atoms. The van der Waals surface area contributed by atoms with Crippen molar-refractivity contribution in [3.8, 4) is 11.5 Å². The average Bonchev–Trinajstić information content (AvgIpc) is 2.37. The number of para-hydroxylation sites is 1. The van der Waals surface area contributed by atoms with E-state index in [0.717, 1.165) is 5.39 Å². The minimum Gasteiger partial charge on any atom is -0.495 e. The molecule has 0 atom stereocenters. The number of ether oxygens (including phenoxy) is 2. The maximum Gasteiger partial charge on any atom is 0.259 e. The second kappa shape index (κ2) is 3.88. The van der Waals surface area contributed by atoms with Gasteiger partial charge in [-0.05, 0) is 38.1 Å². The van der Waals surface area contributed by atoms with Gasteiger partial charge in [-0.25, -0.2) is 0 Å². The Morgan fingerprint density at radius 3 is 2.84 bits per heavy atom. The number of aromatic amines is 1. The van der Waals surface area contributed by atoms with E-state index >= 15 is 0 Å². The summed E-state index contributed by atoms with van der Waals surface area (Å²) in [4.78, 5) is 15.0. The first-order valence-electron chi connectivity index (χ1n) is 6.13. The predicted octanol–water partition coefficient (Wildman–Crippen LogP) is 2.72. The van der Waals surface area contributed by atoms with Crippen LogP contribution >= 0.6 is 0 Å². The zero-order chi connectivity index (χ0) is 13.6. The highest BCUT2D eigenvalue weighted by atomic mass is 16.5. The Morgan fingerprint density at radius 1 is 1.32 bits per heavy atom. The summed E-state index contributed by atoms with van der Waals surface area (Å²) in [5.74, 6) is 1.25. The predicted molar refractivity (Wildman–Crippen MR) is 74.9 cm³/mol. The molecule has 2 aromatic rings. The van der Waals surface area contributed by atoms with Gasteiger partial charge >= 0.3 is 0 Å². The van der Waals surface area contributed by atoms with Crippen molar-refractivity contribution >= 4 is 17.0 Å². The fourth-order valence-corrected chi connectivity index (χ4v) is 2.29. The van der Waals surface area contributed by atoms with Gasteiger partial charge in [-0.1, -0.05) is 6.07 Å². The first-order chi connectivity index (χ1) is 9.02. The van der Waals surface area contributed by atoms with Crippen LogP contribution in [0.3, 0.4) is 0 Å². The molecule has 1 aromatic heterocycles. The summed E-state index contributed by atoms with van der Waals surface area (Å²) >= 11 is 0. The second-order valence-corrected chi connectivity index (χ2v) is 5.12. The van der Waals surface area contributed by atoms with Crippen LogP contribution in [0.5, 0.6) is 11.5 Å². The van der Waals surface area contributed by atoms with E-state index in [-0.39, 0.29) is 5.56 Å². The normalized spacial score (nSPS) is 15.9. The number of pyridine rings is 1. The fraction of sp³-hybridized carbons (Fsp3) is 0.267. The van der Waals surface area contributed by atoms with Crippen molar-refractivity contribution in [2.75, 3.05) is 7.11 Å². The molecule has 0 amide bonds. The van der Waals surface area contributed by atoms with E-state index in [1.54, 1.807) is 7.11 Å². The Hall–Kier alpha value is -2.23. The summed E-state index contributed by atoms with van der Waals surface area (Å²) in [6.45, 7) is 3.92. The number of hydrogen-bond acceptors (Lipinski definition) is 3. The molecule has 0 fully saturated rings. The molecule has 4 heteroatoms. The first kappa shape index (κ1) is 11.8. The van der Waals surface area contributed by atoms with E-state index in [2.05, 4.69) is 4.98 Å². The topological polar surface area (TPSA) is 51.3 Å². The Balaban J connectivity index is 2.41. The minimum atomic E-state index is -0.420. The molecule has 0 radical (unpaired) electrons. The third-order valence-corrected chi connectivity index (χ3v) is 3.24. The lowest BCUT2D eigenvalue weighted by Gasteiger charge is -2.28. The van der Waals surface area contributed by atoms with Gasteiger partial charge in [0.1, 0.15) is 17.1 Å². The second-order valence-electron chi connectivity index (χ2n) is 5.12. The maximum atomic E-state index is 12.1. The van der Waals surface area contributed by atoms with Gasteiger partial charge in [-0.3, -0.25) is 4.79 Å². The highest BCUT2D eigenvalue weighted by Crippen LogP contribution is 2.36. The Bertz CT molecular complexity index is 741. The number of methoxy groups -OCH3 is 1. The molecule has 0 saturated heterocycles. The summed E-state index contributed by atoms with van der Waals surface area (Å²) in [6, 6.07) is 5.62. The Kier molecular flexibility index (Phi) is 2.42. The van der Waals surface area contributed by atoms with Crippen molar-refractivity contribution in [1.29, 1.82) is 0 Å². The molecule has 4 nitrogen and oxygen atoms in total. The van der Waals surface area contributed by atoms with Crippen molar-refractivity contribution in [3.05, 3.63) is 40.2 Å². The molecule has 0 bridgehead atoms. The van der Waals surface area contributed by atoms with Gasteiger partial charge in [-0.2, -0.15) is 0 Å². The van der Waals surface area contributed by atoms with E-state index in [1.165, 1.54) is 0 Å². The van der Waals surface area contributed by atoms with Crippen LogP contribution in [0.15, 0.2) is 29.1 Å². The zero-order valence-corrected chi connectivity index (χ0v) is 11.1. The van der Waals surface area contributed by atoms with E-state index < -0.39 is 5.60 Å². The quantitative estimate of drug-likeness (QED) is 0.854. The highest BCUT2D eigenvalue weighted by Gasteiger charge is 2.25. The average molecular weight is 257 g/mol. The number of aromatic nitrogens is 1. The van der Waals surface area contributed by atoms with Crippen molar-refractivity contribution in [2.24, 2.45) is 0 Å². The molecule has 3 rings (SSSR count). The molecule has 1 aromatic carbocycles. The van der Waals surface area contributed by atoms with Crippen LogP contribution in [0.1, 0.15) is 19.4 Å². The van der Waals surface area contributed by atoms with Crippen LogP contribution < -0.4 is 15.0 Å². The fourth-order valence-electron chi connectivity index (χ4n) is 2.29. The van der Waals surface area contributed by atoms with Crippen molar-refractivity contribution in [2.45, 2.75) is 19.4 Å². The third kappa shape index (κ3) is 1.80. The summed E-state index contributed by atoms with van der Waals surface area (Å²) in [5.41, 5.74) is 0.634. The largest absolute Gasteiger partial charge is 0.495 e. The molecule has 0 unspecified atom stereocenters. The van der Waals surface area contributed by atoms with Crippen LogP contribution in [0.25, 0.3) is 17.0 Å². The molecule has 19 heavy (non-hydrogen) atoms. The number of hydrogen-bond donors (Lipinski definition) is 1. The minimum absolute atomic E-state index is 0.168.